The summed E-state index contributed by atoms with van der Waals surface area (Å²) in [6, 6.07) is 1.49. The lowest BCUT2D eigenvalue weighted by molar-refractivity contribution is 0.0822. The van der Waals surface area contributed by atoms with Gasteiger partial charge in [-0.3, -0.25) is 9.80 Å². The number of nitrogens with zero attached hydrogens (tertiary/aromatic N) is 2. The molecule has 0 bridgehead atoms. The fraction of sp³-hybridized carbons (Fsp3) is 1.00. The van der Waals surface area contributed by atoms with E-state index in [2.05, 4.69) is 37.5 Å². The molecule has 0 radical (unpaired) electrons. The molecule has 0 aliphatic carbocycles. The van der Waals surface area contributed by atoms with Gasteiger partial charge in [0, 0.05) is 38.3 Å². The van der Waals surface area contributed by atoms with Crippen LogP contribution in [-0.2, 0) is 0 Å². The minimum atomic E-state index is 0.721. The summed E-state index contributed by atoms with van der Waals surface area (Å²) in [6.45, 7) is 14.2. The summed E-state index contributed by atoms with van der Waals surface area (Å²) in [5, 5.41) is 0. The molecule has 13 heavy (non-hydrogen) atoms. The molecule has 1 heterocycles. The van der Waals surface area contributed by atoms with Crippen molar-refractivity contribution in [2.45, 2.75) is 46.2 Å². The van der Waals surface area contributed by atoms with E-state index in [0.717, 1.165) is 12.1 Å². The Bertz CT molecular complexity index is 137. The van der Waals surface area contributed by atoms with Gasteiger partial charge in [0.2, 0.25) is 0 Å². The van der Waals surface area contributed by atoms with Gasteiger partial charge >= 0.3 is 0 Å². The molecule has 0 N–H and O–H groups in total. The molecule has 0 spiro atoms. The van der Waals surface area contributed by atoms with E-state index in [1.807, 2.05) is 0 Å². The molecule has 0 aromatic rings. The summed E-state index contributed by atoms with van der Waals surface area (Å²) in [7, 11) is 0. The van der Waals surface area contributed by atoms with Crippen molar-refractivity contribution in [3.8, 4) is 0 Å². The molecule has 1 rings (SSSR count). The molecule has 2 nitrogen and oxygen atoms in total. The molecule has 1 atom stereocenters. The van der Waals surface area contributed by atoms with Crippen molar-refractivity contribution < 1.29 is 0 Å². The van der Waals surface area contributed by atoms with Gasteiger partial charge in [-0.05, 0) is 27.2 Å². The first-order valence-electron chi connectivity index (χ1n) is 5.63. The molecular weight excluding hydrogens is 160 g/mol. The van der Waals surface area contributed by atoms with Crippen LogP contribution in [-0.4, -0.2) is 48.1 Å². The Balaban J connectivity index is 2.30. The molecule has 1 fully saturated rings. The normalized spacial score (nSPS) is 23.8. The van der Waals surface area contributed by atoms with Crippen LogP contribution in [0.2, 0.25) is 0 Å². The van der Waals surface area contributed by atoms with Gasteiger partial charge in [0.1, 0.15) is 0 Å². The molecule has 1 aliphatic rings. The third kappa shape index (κ3) is 2.96. The summed E-state index contributed by atoms with van der Waals surface area (Å²) in [6.07, 6.45) is 1.28. The maximum atomic E-state index is 2.61. The molecule has 0 unspecified atom stereocenters. The lowest BCUT2D eigenvalue weighted by atomic mass is 10.1. The van der Waals surface area contributed by atoms with Gasteiger partial charge in [-0.15, -0.1) is 0 Å². The third-order valence-electron chi connectivity index (χ3n) is 3.29. The highest BCUT2D eigenvalue weighted by Gasteiger charge is 2.20. The molecule has 78 valence electrons. The standard InChI is InChI=1S/C11H24N2/c1-5-11(4)13-8-6-12(7-9-13)10(2)3/h10-11H,5-9H2,1-4H3/t11-/m0/s1. The minimum absolute atomic E-state index is 0.721. The minimum Gasteiger partial charge on any atom is -0.298 e. The molecule has 0 amide bonds. The lowest BCUT2D eigenvalue weighted by Crippen LogP contribution is -2.51. The van der Waals surface area contributed by atoms with Crippen LogP contribution in [0.25, 0.3) is 0 Å². The van der Waals surface area contributed by atoms with Crippen molar-refractivity contribution in [1.29, 1.82) is 0 Å². The van der Waals surface area contributed by atoms with Gasteiger partial charge in [-0.25, -0.2) is 0 Å². The van der Waals surface area contributed by atoms with Crippen molar-refractivity contribution in [2.24, 2.45) is 0 Å². The Morgan fingerprint density at radius 1 is 0.923 bits per heavy atom. The Hall–Kier alpha value is -0.0800. The van der Waals surface area contributed by atoms with E-state index in [0.29, 0.717) is 0 Å². The van der Waals surface area contributed by atoms with Crippen LogP contribution < -0.4 is 0 Å². The Morgan fingerprint density at radius 2 is 1.38 bits per heavy atom. The van der Waals surface area contributed by atoms with Crippen molar-refractivity contribution in [2.75, 3.05) is 26.2 Å². The monoisotopic (exact) mass is 184 g/mol. The summed E-state index contributed by atoms with van der Waals surface area (Å²) in [5.74, 6) is 0. The zero-order chi connectivity index (χ0) is 9.84. The third-order valence-corrected chi connectivity index (χ3v) is 3.29. The zero-order valence-corrected chi connectivity index (χ0v) is 9.58. The second kappa shape index (κ2) is 4.97. The quantitative estimate of drug-likeness (QED) is 0.660. The van der Waals surface area contributed by atoms with E-state index in [1.165, 1.54) is 32.6 Å². The maximum Gasteiger partial charge on any atom is 0.0113 e. The van der Waals surface area contributed by atoms with Crippen LogP contribution in [0.15, 0.2) is 0 Å². The Morgan fingerprint density at radius 3 is 1.77 bits per heavy atom. The smallest absolute Gasteiger partial charge is 0.0113 e. The van der Waals surface area contributed by atoms with Gasteiger partial charge in [-0.2, -0.15) is 0 Å². The molecular formula is C11H24N2. The average molecular weight is 184 g/mol. The fourth-order valence-corrected chi connectivity index (χ4v) is 1.95. The van der Waals surface area contributed by atoms with Crippen LogP contribution in [0.4, 0.5) is 0 Å². The summed E-state index contributed by atoms with van der Waals surface area (Å²) < 4.78 is 0. The van der Waals surface area contributed by atoms with Crippen LogP contribution in [0.1, 0.15) is 34.1 Å². The van der Waals surface area contributed by atoms with Gasteiger partial charge in [0.25, 0.3) is 0 Å². The lowest BCUT2D eigenvalue weighted by Gasteiger charge is -2.39. The topological polar surface area (TPSA) is 6.48 Å². The van der Waals surface area contributed by atoms with Gasteiger partial charge in [-0.1, -0.05) is 6.92 Å². The van der Waals surface area contributed by atoms with Crippen molar-refractivity contribution in [1.82, 2.24) is 9.80 Å². The summed E-state index contributed by atoms with van der Waals surface area (Å²) >= 11 is 0. The van der Waals surface area contributed by atoms with E-state index in [-0.39, 0.29) is 0 Å². The molecule has 1 aliphatic heterocycles. The van der Waals surface area contributed by atoms with Crippen molar-refractivity contribution in [3.63, 3.8) is 0 Å². The highest BCUT2D eigenvalue weighted by Crippen LogP contribution is 2.10. The first-order valence-corrected chi connectivity index (χ1v) is 5.63. The summed E-state index contributed by atoms with van der Waals surface area (Å²) in [5.41, 5.74) is 0. The average Bonchev–Trinajstić information content (AvgIpc) is 2.17. The largest absolute Gasteiger partial charge is 0.298 e. The van der Waals surface area contributed by atoms with Crippen LogP contribution in [0.3, 0.4) is 0 Å². The highest BCUT2D eigenvalue weighted by atomic mass is 15.3. The van der Waals surface area contributed by atoms with Crippen LogP contribution in [0.5, 0.6) is 0 Å². The maximum absolute atomic E-state index is 2.61. The van der Waals surface area contributed by atoms with Gasteiger partial charge in [0.15, 0.2) is 0 Å². The SMILES string of the molecule is CC[C@H](C)N1CCN(C(C)C)CC1. The van der Waals surface area contributed by atoms with Crippen LogP contribution in [0, 0.1) is 0 Å². The molecule has 1 saturated heterocycles. The van der Waals surface area contributed by atoms with Crippen molar-refractivity contribution >= 4 is 0 Å². The first kappa shape index (κ1) is 11.0. The first-order chi connectivity index (χ1) is 6.15. The molecule has 0 saturated carbocycles. The second-order valence-electron chi connectivity index (χ2n) is 4.42. The number of hydrogen-bond donors (Lipinski definition) is 0. The predicted molar refractivity (Wildman–Crippen MR) is 58.0 cm³/mol. The second-order valence-corrected chi connectivity index (χ2v) is 4.42. The van der Waals surface area contributed by atoms with E-state index < -0.39 is 0 Å². The predicted octanol–water partition coefficient (Wildman–Crippen LogP) is 1.81. The number of rotatable bonds is 3. The summed E-state index contributed by atoms with van der Waals surface area (Å²) in [4.78, 5) is 5.18. The molecule has 0 aromatic heterocycles. The van der Waals surface area contributed by atoms with E-state index in [4.69, 9.17) is 0 Å². The van der Waals surface area contributed by atoms with E-state index in [1.54, 1.807) is 0 Å². The van der Waals surface area contributed by atoms with Gasteiger partial charge < -0.3 is 0 Å². The Kier molecular flexibility index (Phi) is 4.20. The van der Waals surface area contributed by atoms with Crippen molar-refractivity contribution in [3.05, 3.63) is 0 Å². The van der Waals surface area contributed by atoms with Gasteiger partial charge in [0.05, 0.1) is 0 Å². The number of piperazine rings is 1. The fourth-order valence-electron chi connectivity index (χ4n) is 1.95. The van der Waals surface area contributed by atoms with E-state index >= 15 is 0 Å². The zero-order valence-electron chi connectivity index (χ0n) is 9.58. The molecule has 0 aromatic carbocycles. The van der Waals surface area contributed by atoms with E-state index in [9.17, 15) is 0 Å². The highest BCUT2D eigenvalue weighted by molar-refractivity contribution is 4.77. The molecule has 2 heteroatoms. The Labute approximate surface area is 82.9 Å². The van der Waals surface area contributed by atoms with Crippen LogP contribution >= 0.6 is 0 Å². The number of hydrogen-bond acceptors (Lipinski definition) is 2.